The Labute approximate surface area is 137 Å². The highest BCUT2D eigenvalue weighted by atomic mass is 19.3. The molecule has 1 saturated heterocycles. The van der Waals surface area contributed by atoms with Crippen LogP contribution in [0.2, 0.25) is 0 Å². The molecule has 3 rings (SSSR count). The zero-order valence-electron chi connectivity index (χ0n) is 14.2. The molecule has 1 aliphatic heterocycles. The summed E-state index contributed by atoms with van der Waals surface area (Å²) < 4.78 is 28.8. The zero-order chi connectivity index (χ0) is 16.6. The molecule has 0 spiro atoms. The molecule has 1 aromatic carbocycles. The lowest BCUT2D eigenvalue weighted by Gasteiger charge is -2.37. The molecule has 2 nitrogen and oxygen atoms in total. The maximum Gasteiger partial charge on any atom is 0.257 e. The smallest absolute Gasteiger partial charge is 0.257 e. The summed E-state index contributed by atoms with van der Waals surface area (Å²) in [5, 5.41) is 1.28. The van der Waals surface area contributed by atoms with Gasteiger partial charge in [0.2, 0.25) is 0 Å². The summed E-state index contributed by atoms with van der Waals surface area (Å²) in [5.74, 6) is -2.04. The molecule has 0 radical (unpaired) electrons. The fraction of sp³-hybridized carbons (Fsp3) is 0.579. The third kappa shape index (κ3) is 3.57. The maximum atomic E-state index is 13.2. The van der Waals surface area contributed by atoms with Gasteiger partial charge in [-0.3, -0.25) is 4.90 Å². The Bertz CT molecular complexity index is 664. The molecule has 2 heterocycles. The van der Waals surface area contributed by atoms with Gasteiger partial charge in [0.05, 0.1) is 6.54 Å². The summed E-state index contributed by atoms with van der Waals surface area (Å²) in [6.45, 7) is 6.88. The Balaban J connectivity index is 1.72. The molecule has 1 fully saturated rings. The first-order chi connectivity index (χ1) is 10.8. The van der Waals surface area contributed by atoms with E-state index in [1.807, 2.05) is 4.90 Å². The van der Waals surface area contributed by atoms with E-state index in [2.05, 4.69) is 48.7 Å². The molecule has 1 aliphatic rings. The summed E-state index contributed by atoms with van der Waals surface area (Å²) in [4.78, 5) is 1.91. The molecule has 0 amide bonds. The summed E-state index contributed by atoms with van der Waals surface area (Å²) in [6, 6.07) is 11.1. The molecule has 0 aliphatic carbocycles. The van der Waals surface area contributed by atoms with Crippen LogP contribution in [0.5, 0.6) is 0 Å². The minimum atomic E-state index is -2.59. The van der Waals surface area contributed by atoms with Gasteiger partial charge >= 0.3 is 0 Å². The van der Waals surface area contributed by atoms with Crippen molar-refractivity contribution in [2.45, 2.75) is 45.6 Å². The third-order valence-corrected chi connectivity index (χ3v) is 5.16. The van der Waals surface area contributed by atoms with Crippen molar-refractivity contribution in [1.82, 2.24) is 9.47 Å². The normalized spacial score (nSPS) is 19.3. The number of likely N-dealkylation sites (tertiary alicyclic amines) is 1. The van der Waals surface area contributed by atoms with Crippen LogP contribution in [0.15, 0.2) is 30.3 Å². The van der Waals surface area contributed by atoms with E-state index in [1.165, 1.54) is 16.6 Å². The number of benzene rings is 1. The van der Waals surface area contributed by atoms with Crippen LogP contribution >= 0.6 is 0 Å². The number of para-hydroxylation sites is 1. The van der Waals surface area contributed by atoms with E-state index in [-0.39, 0.29) is 6.54 Å². The van der Waals surface area contributed by atoms with Crippen molar-refractivity contribution in [1.29, 1.82) is 0 Å². The average Bonchev–Trinajstić information content (AvgIpc) is 2.81. The van der Waals surface area contributed by atoms with Crippen molar-refractivity contribution < 1.29 is 8.78 Å². The van der Waals surface area contributed by atoms with E-state index >= 15 is 0 Å². The quantitative estimate of drug-likeness (QED) is 0.779. The van der Waals surface area contributed by atoms with Gasteiger partial charge in [-0.25, -0.2) is 8.78 Å². The summed E-state index contributed by atoms with van der Waals surface area (Å²) in [7, 11) is 0. The lowest BCUT2D eigenvalue weighted by Crippen LogP contribution is -2.41. The molecule has 23 heavy (non-hydrogen) atoms. The highest BCUT2D eigenvalue weighted by molar-refractivity contribution is 5.81. The molecule has 0 bridgehead atoms. The van der Waals surface area contributed by atoms with Gasteiger partial charge < -0.3 is 4.57 Å². The largest absolute Gasteiger partial charge is 0.342 e. The summed E-state index contributed by atoms with van der Waals surface area (Å²) in [5.41, 5.74) is 2.56. The van der Waals surface area contributed by atoms with Gasteiger partial charge in [0.1, 0.15) is 0 Å². The van der Waals surface area contributed by atoms with Crippen molar-refractivity contribution >= 4 is 10.9 Å². The molecular formula is C19H26F2N2. The van der Waals surface area contributed by atoms with Gasteiger partial charge in [-0.2, -0.15) is 0 Å². The van der Waals surface area contributed by atoms with Crippen LogP contribution in [0.25, 0.3) is 10.9 Å². The minimum absolute atomic E-state index is 0.112. The van der Waals surface area contributed by atoms with Gasteiger partial charge in [0.15, 0.2) is 0 Å². The lowest BCUT2D eigenvalue weighted by atomic mass is 9.89. The third-order valence-electron chi connectivity index (χ3n) is 5.16. The predicted molar refractivity (Wildman–Crippen MR) is 91.2 cm³/mol. The number of rotatable bonds is 4. The number of piperidine rings is 1. The van der Waals surface area contributed by atoms with E-state index in [0.29, 0.717) is 12.0 Å². The van der Waals surface area contributed by atoms with E-state index in [1.54, 1.807) is 0 Å². The highest BCUT2D eigenvalue weighted by Gasteiger charge is 2.30. The molecule has 0 unspecified atom stereocenters. The van der Waals surface area contributed by atoms with Crippen molar-refractivity contribution in [3.05, 3.63) is 36.0 Å². The van der Waals surface area contributed by atoms with Crippen LogP contribution in [-0.2, 0) is 0 Å². The maximum absolute atomic E-state index is 13.2. The first-order valence-electron chi connectivity index (χ1n) is 8.52. The molecule has 126 valence electrons. The topological polar surface area (TPSA) is 8.17 Å². The molecule has 0 N–H and O–H groups in total. The second-order valence-corrected chi connectivity index (χ2v) is 7.14. The standard InChI is InChI=1S/C19H26F2N2/c1-14-12-17-6-4-5-7-18(17)23(14)15(2)16-8-10-22(11-9-16)13-19(3,20)21/h4-7,12,15-16H,8-11,13H2,1-3H3/t15-/m1/s1. The number of nitrogens with zero attached hydrogens (tertiary/aromatic N) is 2. The van der Waals surface area contributed by atoms with Crippen LogP contribution in [0.3, 0.4) is 0 Å². The molecule has 2 aromatic rings. The van der Waals surface area contributed by atoms with Crippen LogP contribution in [0.4, 0.5) is 8.78 Å². The Kier molecular flexibility index (Phi) is 4.45. The van der Waals surface area contributed by atoms with Crippen molar-refractivity contribution in [3.63, 3.8) is 0 Å². The number of aromatic nitrogens is 1. The zero-order valence-corrected chi connectivity index (χ0v) is 14.2. The lowest BCUT2D eigenvalue weighted by molar-refractivity contribution is -0.0239. The molecule has 4 heteroatoms. The number of fused-ring (bicyclic) bond motifs is 1. The fourth-order valence-electron chi connectivity index (χ4n) is 4.05. The van der Waals surface area contributed by atoms with Crippen LogP contribution in [0, 0.1) is 12.8 Å². The van der Waals surface area contributed by atoms with Gasteiger partial charge in [0.25, 0.3) is 5.92 Å². The van der Waals surface area contributed by atoms with E-state index in [0.717, 1.165) is 32.9 Å². The number of hydrogen-bond acceptors (Lipinski definition) is 1. The van der Waals surface area contributed by atoms with E-state index in [9.17, 15) is 8.78 Å². The number of halogens is 2. The second kappa shape index (κ2) is 6.23. The van der Waals surface area contributed by atoms with E-state index < -0.39 is 5.92 Å². The van der Waals surface area contributed by atoms with Gasteiger partial charge in [0, 0.05) is 24.2 Å². The second-order valence-electron chi connectivity index (χ2n) is 7.14. The summed E-state index contributed by atoms with van der Waals surface area (Å²) in [6.07, 6.45) is 1.98. The Morgan fingerprint density at radius 3 is 2.52 bits per heavy atom. The number of alkyl halides is 2. The van der Waals surface area contributed by atoms with Crippen molar-refractivity contribution in [2.75, 3.05) is 19.6 Å². The molecular weight excluding hydrogens is 294 g/mol. The van der Waals surface area contributed by atoms with Gasteiger partial charge in [-0.1, -0.05) is 18.2 Å². The fourth-order valence-corrected chi connectivity index (χ4v) is 4.05. The monoisotopic (exact) mass is 320 g/mol. The first-order valence-corrected chi connectivity index (χ1v) is 8.52. The summed E-state index contributed by atoms with van der Waals surface area (Å²) >= 11 is 0. The number of hydrogen-bond donors (Lipinski definition) is 0. The minimum Gasteiger partial charge on any atom is -0.342 e. The Morgan fingerprint density at radius 2 is 1.87 bits per heavy atom. The van der Waals surface area contributed by atoms with Crippen LogP contribution in [-0.4, -0.2) is 35.0 Å². The molecule has 1 atom stereocenters. The SMILES string of the molecule is Cc1cc2ccccc2n1[C@H](C)C1CCN(CC(C)(F)F)CC1. The van der Waals surface area contributed by atoms with Crippen molar-refractivity contribution in [2.24, 2.45) is 5.92 Å². The van der Waals surface area contributed by atoms with Crippen LogP contribution < -0.4 is 0 Å². The van der Waals surface area contributed by atoms with Gasteiger partial charge in [-0.05, 0) is 63.2 Å². The molecule has 0 saturated carbocycles. The number of aryl methyl sites for hydroxylation is 1. The van der Waals surface area contributed by atoms with Gasteiger partial charge in [-0.15, -0.1) is 0 Å². The molecule has 1 aromatic heterocycles. The Hall–Kier alpha value is -1.42. The van der Waals surface area contributed by atoms with Crippen molar-refractivity contribution in [3.8, 4) is 0 Å². The Morgan fingerprint density at radius 1 is 1.22 bits per heavy atom. The van der Waals surface area contributed by atoms with Crippen LogP contribution in [0.1, 0.15) is 38.4 Å². The average molecular weight is 320 g/mol. The van der Waals surface area contributed by atoms with E-state index in [4.69, 9.17) is 0 Å². The highest BCUT2D eigenvalue weighted by Crippen LogP contribution is 2.33. The predicted octanol–water partition coefficient (Wildman–Crippen LogP) is 4.88. The first kappa shape index (κ1) is 16.4.